The summed E-state index contributed by atoms with van der Waals surface area (Å²) in [4.78, 5) is 15.5. The molecule has 2 rings (SSSR count). The van der Waals surface area contributed by atoms with E-state index in [-0.39, 0.29) is 5.97 Å². The van der Waals surface area contributed by atoms with E-state index in [1.807, 2.05) is 27.7 Å². The lowest BCUT2D eigenvalue weighted by atomic mass is 9.87. The maximum atomic E-state index is 13.1. The van der Waals surface area contributed by atoms with Crippen LogP contribution in [0.25, 0.3) is 0 Å². The van der Waals surface area contributed by atoms with Gasteiger partial charge in [-0.25, -0.2) is 4.79 Å². The molecule has 0 saturated carbocycles. The van der Waals surface area contributed by atoms with Crippen molar-refractivity contribution in [2.75, 3.05) is 26.7 Å². The standard InChI is InChI=1S/C24H41NO3Si/c1-11-27-23(26)21(28-24(4,5)6)20-16(2)18-12-14-25(7)15-13-19(18)17(3)22(20)29(8,9)10/h21H,11-15H2,1-10H3/t21-/m0/s1. The summed E-state index contributed by atoms with van der Waals surface area (Å²) in [7, 11) is 0.441. The highest BCUT2D eigenvalue weighted by Gasteiger charge is 2.37. The third-order valence-corrected chi connectivity index (χ3v) is 7.93. The van der Waals surface area contributed by atoms with Gasteiger partial charge in [0, 0.05) is 13.1 Å². The van der Waals surface area contributed by atoms with Gasteiger partial charge < -0.3 is 14.4 Å². The Morgan fingerprint density at radius 1 is 1.07 bits per heavy atom. The van der Waals surface area contributed by atoms with Gasteiger partial charge in [-0.1, -0.05) is 24.8 Å². The summed E-state index contributed by atoms with van der Waals surface area (Å²) in [6.45, 7) is 21.9. The second-order valence-corrected chi connectivity index (χ2v) is 15.4. The number of hydrogen-bond donors (Lipinski definition) is 0. The van der Waals surface area contributed by atoms with Crippen LogP contribution in [0.2, 0.25) is 19.6 Å². The molecule has 0 radical (unpaired) electrons. The van der Waals surface area contributed by atoms with E-state index < -0.39 is 19.8 Å². The molecule has 0 bridgehead atoms. The van der Waals surface area contributed by atoms with Crippen LogP contribution >= 0.6 is 0 Å². The van der Waals surface area contributed by atoms with Gasteiger partial charge in [0.15, 0.2) is 6.10 Å². The van der Waals surface area contributed by atoms with Crippen LogP contribution in [0, 0.1) is 13.8 Å². The summed E-state index contributed by atoms with van der Waals surface area (Å²) < 4.78 is 11.9. The van der Waals surface area contributed by atoms with Crippen molar-refractivity contribution in [3.8, 4) is 0 Å². The van der Waals surface area contributed by atoms with E-state index in [0.717, 1.165) is 31.5 Å². The van der Waals surface area contributed by atoms with Crippen molar-refractivity contribution in [3.05, 3.63) is 27.8 Å². The van der Waals surface area contributed by atoms with E-state index in [1.165, 1.54) is 27.4 Å². The Morgan fingerprint density at radius 3 is 2.03 bits per heavy atom. The lowest BCUT2D eigenvalue weighted by Crippen LogP contribution is -2.46. The molecule has 164 valence electrons. The Hall–Kier alpha value is -1.17. The highest BCUT2D eigenvalue weighted by Crippen LogP contribution is 2.34. The minimum absolute atomic E-state index is 0.268. The van der Waals surface area contributed by atoms with Crippen LogP contribution in [0.4, 0.5) is 0 Å². The van der Waals surface area contributed by atoms with E-state index in [0.29, 0.717) is 6.61 Å². The van der Waals surface area contributed by atoms with Crippen molar-refractivity contribution in [2.24, 2.45) is 0 Å². The van der Waals surface area contributed by atoms with Crippen LogP contribution in [0.5, 0.6) is 0 Å². The van der Waals surface area contributed by atoms with Crippen molar-refractivity contribution in [1.29, 1.82) is 0 Å². The molecule has 1 heterocycles. The zero-order chi connectivity index (χ0) is 22.1. The van der Waals surface area contributed by atoms with Gasteiger partial charge in [0.05, 0.1) is 20.3 Å². The number of benzene rings is 1. The van der Waals surface area contributed by atoms with Gasteiger partial charge in [0.1, 0.15) is 0 Å². The summed E-state index contributed by atoms with van der Waals surface area (Å²) in [6, 6.07) is 0. The van der Waals surface area contributed by atoms with Crippen molar-refractivity contribution >= 4 is 19.2 Å². The van der Waals surface area contributed by atoms with Crippen LogP contribution < -0.4 is 5.19 Å². The largest absolute Gasteiger partial charge is 0.464 e. The predicted octanol–water partition coefficient (Wildman–Crippen LogP) is 4.30. The normalized spacial score (nSPS) is 16.9. The molecule has 1 aliphatic heterocycles. The summed E-state index contributed by atoms with van der Waals surface area (Å²) in [6.07, 6.45) is 1.41. The number of nitrogens with zero attached hydrogens (tertiary/aromatic N) is 1. The first-order valence-electron chi connectivity index (χ1n) is 11.0. The minimum Gasteiger partial charge on any atom is -0.464 e. The van der Waals surface area contributed by atoms with Crippen molar-refractivity contribution in [3.63, 3.8) is 0 Å². The van der Waals surface area contributed by atoms with E-state index in [9.17, 15) is 4.79 Å². The Morgan fingerprint density at radius 2 is 1.59 bits per heavy atom. The van der Waals surface area contributed by atoms with E-state index >= 15 is 0 Å². The van der Waals surface area contributed by atoms with Crippen LogP contribution in [-0.2, 0) is 27.1 Å². The van der Waals surface area contributed by atoms with Gasteiger partial charge in [-0.3, -0.25) is 0 Å². The maximum Gasteiger partial charge on any atom is 0.339 e. The molecule has 1 aliphatic rings. The van der Waals surface area contributed by atoms with Crippen LogP contribution in [0.1, 0.15) is 61.6 Å². The molecule has 0 aromatic heterocycles. The number of fused-ring (bicyclic) bond motifs is 1. The predicted molar refractivity (Wildman–Crippen MR) is 124 cm³/mol. The van der Waals surface area contributed by atoms with Crippen LogP contribution in [-0.4, -0.2) is 51.3 Å². The molecule has 0 unspecified atom stereocenters. The fraction of sp³-hybridized carbons (Fsp3) is 0.708. The fourth-order valence-electron chi connectivity index (χ4n) is 4.64. The molecule has 0 spiro atoms. The number of carbonyl (C=O) groups excluding carboxylic acids is 1. The Bertz CT molecular complexity index is 759. The van der Waals surface area contributed by atoms with Gasteiger partial charge in [-0.05, 0) is 89.2 Å². The second kappa shape index (κ2) is 8.91. The van der Waals surface area contributed by atoms with Crippen molar-refractivity contribution in [2.45, 2.75) is 85.7 Å². The SMILES string of the molecule is CCOC(=O)[C@@H](OC(C)(C)C)c1c(C)c2c(c(C)c1[Si](C)(C)C)CCN(C)CC2. The number of rotatable bonds is 5. The summed E-state index contributed by atoms with van der Waals surface area (Å²) in [5.74, 6) is -0.268. The maximum absolute atomic E-state index is 13.1. The highest BCUT2D eigenvalue weighted by atomic mass is 28.3. The van der Waals surface area contributed by atoms with Gasteiger partial charge in [0.2, 0.25) is 0 Å². The van der Waals surface area contributed by atoms with Crippen LogP contribution in [0.3, 0.4) is 0 Å². The monoisotopic (exact) mass is 419 g/mol. The molecule has 4 nitrogen and oxygen atoms in total. The van der Waals surface area contributed by atoms with Crippen LogP contribution in [0.15, 0.2) is 0 Å². The number of ether oxygens (including phenoxy) is 2. The molecule has 0 saturated heterocycles. The molecular formula is C24H41NO3Si. The Labute approximate surface area is 179 Å². The van der Waals surface area contributed by atoms with Gasteiger partial charge in [-0.15, -0.1) is 0 Å². The third kappa shape index (κ3) is 5.50. The Kier molecular flexibility index (Phi) is 7.40. The summed E-state index contributed by atoms with van der Waals surface area (Å²) >= 11 is 0. The number of likely N-dealkylation sites (N-methyl/N-ethyl adjacent to an activating group) is 1. The topological polar surface area (TPSA) is 38.8 Å². The second-order valence-electron chi connectivity index (χ2n) is 10.4. The molecule has 0 aliphatic carbocycles. The lowest BCUT2D eigenvalue weighted by molar-refractivity contribution is -0.166. The number of esters is 1. The molecule has 0 amide bonds. The average Bonchev–Trinajstić information content (AvgIpc) is 2.76. The molecular weight excluding hydrogens is 378 g/mol. The Balaban J connectivity index is 2.82. The van der Waals surface area contributed by atoms with Gasteiger partial charge in [-0.2, -0.15) is 0 Å². The summed E-state index contributed by atoms with van der Waals surface area (Å²) in [5.41, 5.74) is 6.16. The smallest absolute Gasteiger partial charge is 0.339 e. The highest BCUT2D eigenvalue weighted by molar-refractivity contribution is 6.89. The van der Waals surface area contributed by atoms with Gasteiger partial charge in [0.25, 0.3) is 0 Å². The molecule has 0 N–H and O–H groups in total. The molecule has 29 heavy (non-hydrogen) atoms. The van der Waals surface area contributed by atoms with Crippen molar-refractivity contribution < 1.29 is 14.3 Å². The first-order valence-corrected chi connectivity index (χ1v) is 14.5. The average molecular weight is 420 g/mol. The molecule has 1 aromatic rings. The third-order valence-electron chi connectivity index (χ3n) is 5.79. The fourth-order valence-corrected chi connectivity index (χ4v) is 7.04. The van der Waals surface area contributed by atoms with E-state index in [2.05, 4.69) is 45.4 Å². The van der Waals surface area contributed by atoms with E-state index in [1.54, 1.807) is 0 Å². The zero-order valence-corrected chi connectivity index (χ0v) is 21.3. The molecule has 0 fully saturated rings. The quantitative estimate of drug-likeness (QED) is 0.527. The minimum atomic E-state index is -1.75. The first-order chi connectivity index (χ1) is 13.3. The van der Waals surface area contributed by atoms with Gasteiger partial charge >= 0.3 is 5.97 Å². The number of hydrogen-bond acceptors (Lipinski definition) is 4. The zero-order valence-electron chi connectivity index (χ0n) is 20.3. The molecule has 1 atom stereocenters. The van der Waals surface area contributed by atoms with Crippen molar-refractivity contribution in [1.82, 2.24) is 4.90 Å². The lowest BCUT2D eigenvalue weighted by Gasteiger charge is -2.35. The summed E-state index contributed by atoms with van der Waals surface area (Å²) in [5, 5.41) is 1.38. The molecule has 1 aromatic carbocycles. The molecule has 5 heteroatoms. The number of carbonyl (C=O) groups is 1. The first kappa shape index (κ1) is 24.1. The van der Waals surface area contributed by atoms with E-state index in [4.69, 9.17) is 9.47 Å².